The van der Waals surface area contributed by atoms with Crippen molar-refractivity contribution < 1.29 is 18.0 Å². The molecule has 0 aliphatic carbocycles. The summed E-state index contributed by atoms with van der Waals surface area (Å²) in [5.74, 6) is -0.0328. The van der Waals surface area contributed by atoms with Crippen LogP contribution in [0.2, 0.25) is 0 Å². The zero-order valence-corrected chi connectivity index (χ0v) is 8.37. The lowest BCUT2D eigenvalue weighted by Crippen LogP contribution is -2.31. The molecule has 0 aromatic carbocycles. The van der Waals surface area contributed by atoms with Crippen LogP contribution < -0.4 is 5.06 Å². The van der Waals surface area contributed by atoms with Gasteiger partial charge in [-0.25, -0.2) is 15.0 Å². The molecule has 0 radical (unpaired) electrons. The van der Waals surface area contributed by atoms with Crippen LogP contribution in [0.4, 0.5) is 19.1 Å². The Morgan fingerprint density at radius 3 is 2.75 bits per heavy atom. The van der Waals surface area contributed by atoms with Gasteiger partial charge in [0.2, 0.25) is 5.95 Å². The smallest absolute Gasteiger partial charge is 0.271 e. The molecule has 16 heavy (non-hydrogen) atoms. The lowest BCUT2D eigenvalue weighted by Gasteiger charge is -2.25. The summed E-state index contributed by atoms with van der Waals surface area (Å²) >= 11 is 0. The van der Waals surface area contributed by atoms with Gasteiger partial charge in [0, 0.05) is 12.7 Å². The molecule has 0 N–H and O–H groups in total. The normalized spacial score (nSPS) is 17.6. The Balaban J connectivity index is 2.21. The molecule has 0 saturated carbocycles. The highest BCUT2D eigenvalue weighted by molar-refractivity contribution is 5.27. The van der Waals surface area contributed by atoms with Gasteiger partial charge in [-0.3, -0.25) is 4.84 Å². The minimum absolute atomic E-state index is 0.0328. The standard InChI is InChI=1S/C9H10F3N3O/c10-9(11,12)7-3-4-13-8(14-7)15-5-1-2-6-16-15/h3-4H,1-2,5-6H2. The monoisotopic (exact) mass is 233 g/mol. The van der Waals surface area contributed by atoms with E-state index in [1.165, 1.54) is 5.06 Å². The van der Waals surface area contributed by atoms with E-state index in [4.69, 9.17) is 4.84 Å². The number of hydrogen-bond acceptors (Lipinski definition) is 4. The fourth-order valence-corrected chi connectivity index (χ4v) is 1.38. The van der Waals surface area contributed by atoms with Crippen LogP contribution >= 0.6 is 0 Å². The van der Waals surface area contributed by atoms with E-state index in [2.05, 4.69) is 9.97 Å². The second kappa shape index (κ2) is 4.25. The Hall–Kier alpha value is -1.37. The molecule has 1 saturated heterocycles. The van der Waals surface area contributed by atoms with Crippen LogP contribution in [0, 0.1) is 0 Å². The third-order valence-electron chi connectivity index (χ3n) is 2.16. The summed E-state index contributed by atoms with van der Waals surface area (Å²) in [4.78, 5) is 12.4. The fourth-order valence-electron chi connectivity index (χ4n) is 1.38. The minimum atomic E-state index is -4.45. The summed E-state index contributed by atoms with van der Waals surface area (Å²) in [6.45, 7) is 1.00. The highest BCUT2D eigenvalue weighted by Crippen LogP contribution is 2.28. The van der Waals surface area contributed by atoms with Gasteiger partial charge in [0.1, 0.15) is 5.69 Å². The molecule has 4 nitrogen and oxygen atoms in total. The maximum atomic E-state index is 12.4. The van der Waals surface area contributed by atoms with E-state index in [1.54, 1.807) is 0 Å². The molecule has 7 heteroatoms. The zero-order chi connectivity index (χ0) is 11.6. The van der Waals surface area contributed by atoms with E-state index in [0.29, 0.717) is 13.2 Å². The van der Waals surface area contributed by atoms with E-state index in [9.17, 15) is 13.2 Å². The van der Waals surface area contributed by atoms with Gasteiger partial charge in [-0.05, 0) is 18.9 Å². The van der Waals surface area contributed by atoms with Crippen molar-refractivity contribution in [1.82, 2.24) is 9.97 Å². The van der Waals surface area contributed by atoms with Crippen LogP contribution in [0.5, 0.6) is 0 Å². The summed E-state index contributed by atoms with van der Waals surface area (Å²) in [6.07, 6.45) is -1.61. The second-order valence-corrected chi connectivity index (χ2v) is 3.38. The van der Waals surface area contributed by atoms with Gasteiger partial charge in [-0.2, -0.15) is 13.2 Å². The highest BCUT2D eigenvalue weighted by Gasteiger charge is 2.33. The summed E-state index contributed by atoms with van der Waals surface area (Å²) in [7, 11) is 0. The maximum absolute atomic E-state index is 12.4. The number of aromatic nitrogens is 2. The van der Waals surface area contributed by atoms with E-state index < -0.39 is 11.9 Å². The van der Waals surface area contributed by atoms with Gasteiger partial charge in [0.15, 0.2) is 0 Å². The van der Waals surface area contributed by atoms with Crippen LogP contribution in [0.25, 0.3) is 0 Å². The molecule has 0 amide bonds. The first-order valence-corrected chi connectivity index (χ1v) is 4.88. The first-order chi connectivity index (χ1) is 7.57. The van der Waals surface area contributed by atoms with Gasteiger partial charge in [-0.15, -0.1) is 0 Å². The van der Waals surface area contributed by atoms with Crippen molar-refractivity contribution in [3.05, 3.63) is 18.0 Å². The number of hydroxylamine groups is 1. The second-order valence-electron chi connectivity index (χ2n) is 3.38. The summed E-state index contributed by atoms with van der Waals surface area (Å²) in [5.41, 5.74) is -0.952. The number of rotatable bonds is 1. The Kier molecular flexibility index (Phi) is 2.95. The maximum Gasteiger partial charge on any atom is 0.433 e. The number of anilines is 1. The van der Waals surface area contributed by atoms with Crippen LogP contribution in [-0.2, 0) is 11.0 Å². The molecule has 1 aromatic heterocycles. The molecule has 2 rings (SSSR count). The molecule has 1 fully saturated rings. The van der Waals surface area contributed by atoms with Crippen molar-refractivity contribution >= 4 is 5.95 Å². The quantitative estimate of drug-likeness (QED) is 0.743. The predicted molar refractivity (Wildman–Crippen MR) is 49.6 cm³/mol. The molecule has 0 bridgehead atoms. The SMILES string of the molecule is FC(F)(F)c1ccnc(N2CCCCO2)n1. The molecule has 0 atom stereocenters. The Morgan fingerprint density at radius 1 is 1.31 bits per heavy atom. The van der Waals surface area contributed by atoms with E-state index in [1.807, 2.05) is 0 Å². The molecular formula is C9H10F3N3O. The molecular weight excluding hydrogens is 223 g/mol. The summed E-state index contributed by atoms with van der Waals surface area (Å²) in [5, 5.41) is 1.30. The lowest BCUT2D eigenvalue weighted by molar-refractivity contribution is -0.141. The van der Waals surface area contributed by atoms with Crippen molar-refractivity contribution in [3.63, 3.8) is 0 Å². The topological polar surface area (TPSA) is 38.2 Å². The first kappa shape index (κ1) is 11.1. The van der Waals surface area contributed by atoms with Crippen molar-refractivity contribution in [2.24, 2.45) is 0 Å². The van der Waals surface area contributed by atoms with E-state index in [0.717, 1.165) is 25.1 Å². The number of hydrogen-bond donors (Lipinski definition) is 0. The molecule has 88 valence electrons. The Morgan fingerprint density at radius 2 is 2.12 bits per heavy atom. The molecule has 2 heterocycles. The lowest BCUT2D eigenvalue weighted by atomic mass is 10.3. The van der Waals surface area contributed by atoms with Crippen molar-refractivity contribution in [2.45, 2.75) is 19.0 Å². The van der Waals surface area contributed by atoms with Crippen LogP contribution in [-0.4, -0.2) is 23.1 Å². The van der Waals surface area contributed by atoms with Crippen LogP contribution in [0.1, 0.15) is 18.5 Å². The number of alkyl halides is 3. The molecule has 1 aliphatic rings. The van der Waals surface area contributed by atoms with Gasteiger partial charge >= 0.3 is 6.18 Å². The number of halogens is 3. The average Bonchev–Trinajstić information content (AvgIpc) is 2.29. The summed E-state index contributed by atoms with van der Waals surface area (Å²) in [6, 6.07) is 0.841. The van der Waals surface area contributed by atoms with Crippen LogP contribution in [0.3, 0.4) is 0 Å². The predicted octanol–water partition coefficient (Wildman–Crippen LogP) is 2.03. The van der Waals surface area contributed by atoms with E-state index >= 15 is 0 Å². The van der Waals surface area contributed by atoms with E-state index in [-0.39, 0.29) is 5.95 Å². The average molecular weight is 233 g/mol. The van der Waals surface area contributed by atoms with Gasteiger partial charge in [0.05, 0.1) is 6.61 Å². The van der Waals surface area contributed by atoms with Crippen molar-refractivity contribution in [1.29, 1.82) is 0 Å². The van der Waals surface area contributed by atoms with Crippen molar-refractivity contribution in [3.8, 4) is 0 Å². The van der Waals surface area contributed by atoms with Gasteiger partial charge < -0.3 is 0 Å². The number of nitrogens with zero attached hydrogens (tertiary/aromatic N) is 3. The molecule has 1 aliphatic heterocycles. The first-order valence-electron chi connectivity index (χ1n) is 4.88. The zero-order valence-electron chi connectivity index (χ0n) is 8.37. The minimum Gasteiger partial charge on any atom is -0.271 e. The molecule has 0 spiro atoms. The third kappa shape index (κ3) is 2.41. The van der Waals surface area contributed by atoms with Gasteiger partial charge in [-0.1, -0.05) is 0 Å². The summed E-state index contributed by atoms with van der Waals surface area (Å²) < 4.78 is 37.2. The van der Waals surface area contributed by atoms with Crippen LogP contribution in [0.15, 0.2) is 12.3 Å². The molecule has 1 aromatic rings. The Bertz CT molecular complexity index is 363. The van der Waals surface area contributed by atoms with Gasteiger partial charge in [0.25, 0.3) is 0 Å². The van der Waals surface area contributed by atoms with Crippen molar-refractivity contribution in [2.75, 3.05) is 18.2 Å². The largest absolute Gasteiger partial charge is 0.433 e. The fraction of sp³-hybridized carbons (Fsp3) is 0.556. The molecule has 0 unspecified atom stereocenters. The Labute approximate surface area is 90.0 Å². The third-order valence-corrected chi connectivity index (χ3v) is 2.16. The highest BCUT2D eigenvalue weighted by atomic mass is 19.4.